The second kappa shape index (κ2) is 9.60. The van der Waals surface area contributed by atoms with Crippen molar-refractivity contribution in [2.75, 3.05) is 10.2 Å². The molecule has 0 saturated heterocycles. The summed E-state index contributed by atoms with van der Waals surface area (Å²) in [6.45, 7) is 6.65. The summed E-state index contributed by atoms with van der Waals surface area (Å²) < 4.78 is 17.3. The molecule has 1 unspecified atom stereocenters. The van der Waals surface area contributed by atoms with Gasteiger partial charge in [0, 0.05) is 16.3 Å². The number of hydrogen-bond acceptors (Lipinski definition) is 2. The minimum atomic E-state index is -0.655. The minimum absolute atomic E-state index is 0.0541. The van der Waals surface area contributed by atoms with Gasteiger partial charge in [0.25, 0.3) is 0 Å². The molecule has 0 aliphatic carbocycles. The van der Waals surface area contributed by atoms with Crippen LogP contribution >= 0.6 is 23.2 Å². The van der Waals surface area contributed by atoms with Gasteiger partial charge < -0.3 is 0 Å². The van der Waals surface area contributed by atoms with E-state index in [-0.39, 0.29) is 16.6 Å². The monoisotopic (exact) mass is 522 g/mol. The van der Waals surface area contributed by atoms with Gasteiger partial charge in [0.05, 0.1) is 23.3 Å². The zero-order valence-corrected chi connectivity index (χ0v) is 21.6. The number of rotatable bonds is 5. The zero-order chi connectivity index (χ0) is 25.6. The third-order valence-electron chi connectivity index (χ3n) is 6.44. The second-order valence-electron chi connectivity index (χ2n) is 9.22. The molecule has 8 heteroatoms. The van der Waals surface area contributed by atoms with Crippen LogP contribution in [0.5, 0.6) is 0 Å². The van der Waals surface area contributed by atoms with E-state index in [1.807, 2.05) is 54.1 Å². The quantitative estimate of drug-likeness (QED) is 0.289. The van der Waals surface area contributed by atoms with E-state index in [0.717, 1.165) is 27.9 Å². The summed E-state index contributed by atoms with van der Waals surface area (Å²) in [6.07, 6.45) is 0. The third-order valence-corrected chi connectivity index (χ3v) is 6.97. The van der Waals surface area contributed by atoms with Crippen molar-refractivity contribution >= 4 is 40.7 Å². The van der Waals surface area contributed by atoms with Gasteiger partial charge in [0.2, 0.25) is 0 Å². The molecule has 5 nitrogen and oxygen atoms in total. The van der Waals surface area contributed by atoms with Crippen molar-refractivity contribution in [3.8, 4) is 0 Å². The predicted molar refractivity (Wildman–Crippen MR) is 143 cm³/mol. The standard InChI is InChI=1S/C28H25Cl2FN4O/c1-16(2)25-23-26(20-13-12-19(29)14-17(20)3)35(22-11-7-10-21(30)24(22)31)28(36)32-27(23)33-34(25)15-18-8-5-4-6-9-18/h4-14,16,26H,15H2,1-3H3,(H,32,33,36). The van der Waals surface area contributed by atoms with E-state index >= 15 is 4.39 Å². The zero-order valence-electron chi connectivity index (χ0n) is 20.1. The van der Waals surface area contributed by atoms with E-state index in [4.69, 9.17) is 28.3 Å². The first kappa shape index (κ1) is 24.3. The molecule has 3 aromatic carbocycles. The molecule has 4 aromatic rings. The maximum atomic E-state index is 15.3. The van der Waals surface area contributed by atoms with Crippen LogP contribution in [0.1, 0.15) is 53.8 Å². The van der Waals surface area contributed by atoms with Gasteiger partial charge in [-0.2, -0.15) is 5.10 Å². The highest BCUT2D eigenvalue weighted by atomic mass is 35.5. The number of amides is 2. The fraction of sp³-hybridized carbons (Fsp3) is 0.214. The van der Waals surface area contributed by atoms with Crippen LogP contribution in [0.4, 0.5) is 20.7 Å². The molecule has 0 radical (unpaired) electrons. The van der Waals surface area contributed by atoms with Gasteiger partial charge in [-0.1, -0.05) is 79.5 Å². The second-order valence-corrected chi connectivity index (χ2v) is 10.1. The van der Waals surface area contributed by atoms with Crippen molar-refractivity contribution < 1.29 is 9.18 Å². The van der Waals surface area contributed by atoms with Crippen LogP contribution in [0.15, 0.2) is 66.7 Å². The number of hydrogen-bond donors (Lipinski definition) is 1. The summed E-state index contributed by atoms with van der Waals surface area (Å²) in [6, 6.07) is 19.1. The Labute approximate surface area is 219 Å². The van der Waals surface area contributed by atoms with Gasteiger partial charge in [0.15, 0.2) is 11.6 Å². The largest absolute Gasteiger partial charge is 0.328 e. The minimum Gasteiger partial charge on any atom is -0.290 e. The highest BCUT2D eigenvalue weighted by Crippen LogP contribution is 2.46. The van der Waals surface area contributed by atoms with Crippen LogP contribution in [0.2, 0.25) is 10.0 Å². The summed E-state index contributed by atoms with van der Waals surface area (Å²) in [4.78, 5) is 15.0. The van der Waals surface area contributed by atoms with Crippen molar-refractivity contribution in [2.45, 2.75) is 39.3 Å². The molecule has 1 N–H and O–H groups in total. The van der Waals surface area contributed by atoms with Crippen LogP contribution in [-0.4, -0.2) is 15.8 Å². The normalized spacial score (nSPS) is 15.2. The first-order valence-electron chi connectivity index (χ1n) is 11.7. The van der Waals surface area contributed by atoms with E-state index in [0.29, 0.717) is 17.4 Å². The molecule has 0 spiro atoms. The van der Waals surface area contributed by atoms with Gasteiger partial charge in [-0.05, 0) is 53.8 Å². The molecule has 1 aliphatic rings. The highest BCUT2D eigenvalue weighted by molar-refractivity contribution is 6.31. The molecule has 2 heterocycles. The van der Waals surface area contributed by atoms with Crippen LogP contribution in [0, 0.1) is 12.7 Å². The molecule has 0 bridgehead atoms. The SMILES string of the molecule is Cc1cc(Cl)ccc1C1c2c(nn(Cc3ccccc3)c2C(C)C)NC(=O)N1c1cccc(Cl)c1F. The number of carbonyl (C=O) groups is 1. The first-order valence-corrected chi connectivity index (χ1v) is 12.5. The smallest absolute Gasteiger partial charge is 0.290 e. The van der Waals surface area contributed by atoms with E-state index in [2.05, 4.69) is 19.2 Å². The Morgan fingerprint density at radius 2 is 1.81 bits per heavy atom. The van der Waals surface area contributed by atoms with E-state index in [1.165, 1.54) is 11.0 Å². The number of nitrogens with zero attached hydrogens (tertiary/aromatic N) is 3. The Morgan fingerprint density at radius 3 is 2.50 bits per heavy atom. The van der Waals surface area contributed by atoms with Crippen LogP contribution in [0.3, 0.4) is 0 Å². The highest BCUT2D eigenvalue weighted by Gasteiger charge is 2.41. The number of fused-ring (bicyclic) bond motifs is 1. The molecule has 1 aliphatic heterocycles. The lowest BCUT2D eigenvalue weighted by Crippen LogP contribution is -2.44. The van der Waals surface area contributed by atoms with E-state index in [1.54, 1.807) is 18.2 Å². The average Bonchev–Trinajstić information content (AvgIpc) is 3.19. The number of nitrogens with one attached hydrogen (secondary N) is 1. The lowest BCUT2D eigenvalue weighted by atomic mass is 9.89. The lowest BCUT2D eigenvalue weighted by molar-refractivity contribution is 0.254. The van der Waals surface area contributed by atoms with Crippen LogP contribution in [0.25, 0.3) is 0 Å². The molecule has 5 rings (SSSR count). The predicted octanol–water partition coefficient (Wildman–Crippen LogP) is 7.95. The number of carbonyl (C=O) groups excluding carboxylic acids is 1. The average molecular weight is 523 g/mol. The van der Waals surface area contributed by atoms with Gasteiger partial charge in [-0.15, -0.1) is 0 Å². The molecule has 1 atom stereocenters. The summed E-state index contributed by atoms with van der Waals surface area (Å²) in [5.74, 6) is -0.115. The topological polar surface area (TPSA) is 50.2 Å². The van der Waals surface area contributed by atoms with Crippen molar-refractivity contribution in [1.29, 1.82) is 0 Å². The molecule has 2 amide bonds. The van der Waals surface area contributed by atoms with Crippen molar-refractivity contribution in [3.05, 3.63) is 111 Å². The number of anilines is 2. The van der Waals surface area contributed by atoms with Crippen molar-refractivity contribution in [3.63, 3.8) is 0 Å². The van der Waals surface area contributed by atoms with Gasteiger partial charge in [-0.3, -0.25) is 14.9 Å². The number of urea groups is 1. The molecular weight excluding hydrogens is 498 g/mol. The van der Waals surface area contributed by atoms with E-state index in [9.17, 15) is 4.79 Å². The maximum absolute atomic E-state index is 15.3. The maximum Gasteiger partial charge on any atom is 0.328 e. The Bertz CT molecular complexity index is 1450. The van der Waals surface area contributed by atoms with E-state index < -0.39 is 17.9 Å². The Kier molecular flexibility index (Phi) is 6.49. The third kappa shape index (κ3) is 4.25. The van der Waals surface area contributed by atoms with Gasteiger partial charge in [-0.25, -0.2) is 9.18 Å². The molecule has 1 aromatic heterocycles. The number of halogens is 3. The lowest BCUT2D eigenvalue weighted by Gasteiger charge is -2.37. The Morgan fingerprint density at radius 1 is 1.06 bits per heavy atom. The molecule has 184 valence electrons. The van der Waals surface area contributed by atoms with Crippen molar-refractivity contribution in [2.24, 2.45) is 0 Å². The summed E-state index contributed by atoms with van der Waals surface area (Å²) in [7, 11) is 0. The number of aromatic nitrogens is 2. The number of benzene rings is 3. The molecule has 0 fully saturated rings. The molecule has 0 saturated carbocycles. The number of aryl methyl sites for hydroxylation is 1. The summed E-state index contributed by atoms with van der Waals surface area (Å²) in [5.41, 5.74) is 4.67. The van der Waals surface area contributed by atoms with Gasteiger partial charge in [0.1, 0.15) is 0 Å². The fourth-order valence-corrected chi connectivity index (χ4v) is 5.31. The first-order chi connectivity index (χ1) is 17.3. The van der Waals surface area contributed by atoms with Crippen molar-refractivity contribution in [1.82, 2.24) is 9.78 Å². The Balaban J connectivity index is 1.77. The summed E-state index contributed by atoms with van der Waals surface area (Å²) >= 11 is 12.4. The molecular formula is C28H25Cl2FN4O. The Hall–Kier alpha value is -3.35. The van der Waals surface area contributed by atoms with Gasteiger partial charge >= 0.3 is 6.03 Å². The summed E-state index contributed by atoms with van der Waals surface area (Å²) in [5, 5.41) is 8.26. The fourth-order valence-electron chi connectivity index (χ4n) is 4.91. The van der Waals surface area contributed by atoms with Crippen LogP contribution < -0.4 is 10.2 Å². The molecule has 36 heavy (non-hydrogen) atoms. The van der Waals surface area contributed by atoms with Crippen LogP contribution in [-0.2, 0) is 6.54 Å².